The van der Waals surface area contributed by atoms with E-state index in [9.17, 15) is 18.5 Å². The molecule has 0 saturated carbocycles. The van der Waals surface area contributed by atoms with E-state index in [1.54, 1.807) is 6.07 Å². The Morgan fingerprint density at radius 2 is 2.18 bits per heavy atom. The minimum atomic E-state index is -3.47. The number of hydrogen-bond acceptors (Lipinski definition) is 5. The molecule has 1 aromatic carbocycles. The van der Waals surface area contributed by atoms with Crippen molar-refractivity contribution in [2.75, 3.05) is 11.0 Å². The monoisotopic (exact) mass is 256 g/mol. The van der Waals surface area contributed by atoms with E-state index < -0.39 is 14.9 Å². The summed E-state index contributed by atoms with van der Waals surface area (Å²) in [5.74, 6) is -0.0446. The zero-order valence-electron chi connectivity index (χ0n) is 8.67. The van der Waals surface area contributed by atoms with Gasteiger partial charge in [-0.1, -0.05) is 6.07 Å². The number of sulfonamides is 1. The summed E-state index contributed by atoms with van der Waals surface area (Å²) in [6.07, 6.45) is 0.967. The smallest absolute Gasteiger partial charge is 0.297 e. The van der Waals surface area contributed by atoms with Crippen molar-refractivity contribution in [3.05, 3.63) is 28.3 Å². The largest absolute Gasteiger partial charge is 0.323 e. The quantitative estimate of drug-likeness (QED) is 0.623. The maximum atomic E-state index is 11.0. The van der Waals surface area contributed by atoms with E-state index in [1.165, 1.54) is 12.1 Å². The lowest BCUT2D eigenvalue weighted by Crippen LogP contribution is -2.10. The maximum absolute atomic E-state index is 11.0. The number of anilines is 1. The standard InChI is InChI=1S/C8H8N4O4S/c1-17(15,16)11-8-9-5-3-2-4-6(12(13)14)7(5)10-8/h2-4H,1H3,(H2,9,10,11). The van der Waals surface area contributed by atoms with E-state index in [2.05, 4.69) is 14.7 Å². The van der Waals surface area contributed by atoms with Crippen molar-refractivity contribution in [2.45, 2.75) is 0 Å². The number of fused-ring (bicyclic) bond motifs is 1. The van der Waals surface area contributed by atoms with Crippen molar-refractivity contribution in [3.8, 4) is 0 Å². The SMILES string of the molecule is CS(=O)(=O)Nc1nc2c([N+](=O)[O-])cccc2[nH]1. The number of para-hydroxylation sites is 1. The first-order valence-corrected chi connectivity index (χ1v) is 6.37. The topological polar surface area (TPSA) is 118 Å². The van der Waals surface area contributed by atoms with Gasteiger partial charge in [0, 0.05) is 6.07 Å². The van der Waals surface area contributed by atoms with Crippen molar-refractivity contribution in [1.82, 2.24) is 9.97 Å². The molecule has 0 saturated heterocycles. The van der Waals surface area contributed by atoms with Gasteiger partial charge >= 0.3 is 0 Å². The van der Waals surface area contributed by atoms with Crippen LogP contribution in [0, 0.1) is 10.1 Å². The molecule has 0 aliphatic rings. The zero-order chi connectivity index (χ0) is 12.6. The zero-order valence-corrected chi connectivity index (χ0v) is 9.48. The first-order chi connectivity index (χ1) is 7.87. The highest BCUT2D eigenvalue weighted by Gasteiger charge is 2.16. The van der Waals surface area contributed by atoms with Crippen LogP contribution in [0.2, 0.25) is 0 Å². The van der Waals surface area contributed by atoms with Crippen LogP contribution in [0.3, 0.4) is 0 Å². The molecule has 1 heterocycles. The molecule has 0 fully saturated rings. The molecule has 0 unspecified atom stereocenters. The van der Waals surface area contributed by atoms with Crippen LogP contribution in [0.15, 0.2) is 18.2 Å². The number of H-pyrrole nitrogens is 1. The average molecular weight is 256 g/mol. The summed E-state index contributed by atoms with van der Waals surface area (Å²) >= 11 is 0. The Hall–Kier alpha value is -2.16. The van der Waals surface area contributed by atoms with E-state index in [0.717, 1.165) is 6.26 Å². The molecular weight excluding hydrogens is 248 g/mol. The van der Waals surface area contributed by atoms with Gasteiger partial charge in [0.25, 0.3) is 5.69 Å². The average Bonchev–Trinajstić information content (AvgIpc) is 2.55. The Bertz CT molecular complexity index is 691. The molecule has 8 nitrogen and oxygen atoms in total. The number of benzene rings is 1. The lowest BCUT2D eigenvalue weighted by molar-refractivity contribution is -0.383. The van der Waals surface area contributed by atoms with Crippen molar-refractivity contribution < 1.29 is 13.3 Å². The minimum Gasteiger partial charge on any atom is -0.323 e. The number of aromatic amines is 1. The summed E-state index contributed by atoms with van der Waals surface area (Å²) in [4.78, 5) is 16.6. The summed E-state index contributed by atoms with van der Waals surface area (Å²) < 4.78 is 24.1. The molecule has 17 heavy (non-hydrogen) atoms. The van der Waals surface area contributed by atoms with Crippen LogP contribution in [0.1, 0.15) is 0 Å². The molecular formula is C8H8N4O4S. The van der Waals surface area contributed by atoms with Gasteiger partial charge < -0.3 is 4.98 Å². The van der Waals surface area contributed by atoms with E-state index in [-0.39, 0.29) is 17.2 Å². The lowest BCUT2D eigenvalue weighted by Gasteiger charge is -1.96. The van der Waals surface area contributed by atoms with Crippen LogP contribution in [0.25, 0.3) is 11.0 Å². The predicted octanol–water partition coefficient (Wildman–Crippen LogP) is 0.843. The Morgan fingerprint density at radius 1 is 1.47 bits per heavy atom. The van der Waals surface area contributed by atoms with Crippen molar-refractivity contribution in [3.63, 3.8) is 0 Å². The summed E-state index contributed by atoms with van der Waals surface area (Å²) in [6, 6.07) is 4.36. The second-order valence-electron chi connectivity index (χ2n) is 3.39. The van der Waals surface area contributed by atoms with Gasteiger partial charge in [-0.25, -0.2) is 13.4 Å². The minimum absolute atomic E-state index is 0.0446. The van der Waals surface area contributed by atoms with Gasteiger partial charge in [-0.2, -0.15) is 0 Å². The van der Waals surface area contributed by atoms with Gasteiger partial charge in [-0.15, -0.1) is 0 Å². The molecule has 9 heteroatoms. The number of non-ortho nitro benzene ring substituents is 1. The molecule has 0 radical (unpaired) electrons. The number of nitrogens with one attached hydrogen (secondary N) is 2. The van der Waals surface area contributed by atoms with Gasteiger partial charge in [0.2, 0.25) is 16.0 Å². The van der Waals surface area contributed by atoms with Gasteiger partial charge in [0.15, 0.2) is 5.52 Å². The van der Waals surface area contributed by atoms with Gasteiger partial charge in [0.1, 0.15) is 0 Å². The fourth-order valence-electron chi connectivity index (χ4n) is 1.39. The highest BCUT2D eigenvalue weighted by atomic mass is 32.2. The van der Waals surface area contributed by atoms with Crippen molar-refractivity contribution >= 4 is 32.7 Å². The van der Waals surface area contributed by atoms with E-state index in [1.807, 2.05) is 0 Å². The number of aromatic nitrogens is 2. The van der Waals surface area contributed by atoms with Gasteiger partial charge in [0.05, 0.1) is 16.7 Å². The van der Waals surface area contributed by atoms with Crippen LogP contribution >= 0.6 is 0 Å². The Labute approximate surface area is 95.9 Å². The summed E-state index contributed by atoms with van der Waals surface area (Å²) in [7, 11) is -3.47. The maximum Gasteiger partial charge on any atom is 0.297 e. The fraction of sp³-hybridized carbons (Fsp3) is 0.125. The molecule has 0 aliphatic carbocycles. The Kier molecular flexibility index (Phi) is 2.46. The first kappa shape index (κ1) is 11.3. The normalized spacial score (nSPS) is 11.6. The third-order valence-electron chi connectivity index (χ3n) is 1.97. The van der Waals surface area contributed by atoms with Gasteiger partial charge in [-0.3, -0.25) is 14.8 Å². The van der Waals surface area contributed by atoms with Gasteiger partial charge in [-0.05, 0) is 6.07 Å². The second-order valence-corrected chi connectivity index (χ2v) is 5.14. The number of rotatable bonds is 3. The number of nitro benzene ring substituents is 1. The molecule has 0 spiro atoms. The van der Waals surface area contributed by atoms with Crippen LogP contribution in [-0.2, 0) is 10.0 Å². The third-order valence-corrected chi connectivity index (χ3v) is 2.53. The highest BCUT2D eigenvalue weighted by Crippen LogP contribution is 2.24. The predicted molar refractivity (Wildman–Crippen MR) is 61.2 cm³/mol. The molecule has 0 amide bonds. The summed E-state index contributed by atoms with van der Waals surface area (Å²) in [6.45, 7) is 0. The first-order valence-electron chi connectivity index (χ1n) is 4.48. The second kappa shape index (κ2) is 3.70. The molecule has 2 N–H and O–H groups in total. The number of imidazole rings is 1. The summed E-state index contributed by atoms with van der Waals surface area (Å²) in [5, 5.41) is 10.7. The number of nitrogens with zero attached hydrogens (tertiary/aromatic N) is 2. The fourth-order valence-corrected chi connectivity index (χ4v) is 1.84. The number of nitro groups is 1. The van der Waals surface area contributed by atoms with E-state index >= 15 is 0 Å². The summed E-state index contributed by atoms with van der Waals surface area (Å²) in [5.41, 5.74) is 0.328. The van der Waals surface area contributed by atoms with Crippen molar-refractivity contribution in [2.24, 2.45) is 0 Å². The van der Waals surface area contributed by atoms with Crippen LogP contribution in [-0.4, -0.2) is 29.6 Å². The van der Waals surface area contributed by atoms with Crippen molar-refractivity contribution in [1.29, 1.82) is 0 Å². The van der Waals surface area contributed by atoms with E-state index in [0.29, 0.717) is 5.52 Å². The third kappa shape index (κ3) is 2.33. The Morgan fingerprint density at radius 3 is 2.76 bits per heavy atom. The Balaban J connectivity index is 2.58. The molecule has 1 aromatic heterocycles. The number of hydrogen-bond donors (Lipinski definition) is 2. The molecule has 2 aromatic rings. The van der Waals surface area contributed by atoms with Crippen LogP contribution < -0.4 is 4.72 Å². The molecule has 0 bridgehead atoms. The molecule has 2 rings (SSSR count). The molecule has 0 atom stereocenters. The van der Waals surface area contributed by atoms with E-state index in [4.69, 9.17) is 0 Å². The lowest BCUT2D eigenvalue weighted by atomic mass is 10.3. The highest BCUT2D eigenvalue weighted by molar-refractivity contribution is 7.91. The molecule has 90 valence electrons. The molecule has 0 aliphatic heterocycles. The van der Waals surface area contributed by atoms with Crippen LogP contribution in [0.5, 0.6) is 0 Å². The van der Waals surface area contributed by atoms with Crippen LogP contribution in [0.4, 0.5) is 11.6 Å².